The van der Waals surface area contributed by atoms with E-state index in [2.05, 4.69) is 15.3 Å². The van der Waals surface area contributed by atoms with Crippen molar-refractivity contribution in [3.05, 3.63) is 46.4 Å². The number of pyridine rings is 2. The normalized spacial score (nSPS) is 11.0. The number of carbonyl (C=O) groups excluding carboxylic acids is 1. The van der Waals surface area contributed by atoms with Crippen LogP contribution in [0.4, 0.5) is 18.9 Å². The molecule has 2 heterocycles. The van der Waals surface area contributed by atoms with Crippen LogP contribution >= 0.6 is 23.4 Å². The van der Waals surface area contributed by atoms with E-state index in [1.165, 1.54) is 25.3 Å². The molecule has 10 heteroatoms. The lowest BCUT2D eigenvalue weighted by molar-refractivity contribution is -0.138. The second kappa shape index (κ2) is 7.72. The largest absolute Gasteiger partial charge is 0.417 e. The third-order valence-corrected chi connectivity index (χ3v) is 4.18. The zero-order chi connectivity index (χ0) is 18.6. The molecule has 0 aliphatic carbocycles. The quantitative estimate of drug-likeness (QED) is 0.633. The molecular weight excluding hydrogens is 377 g/mol. The van der Waals surface area contributed by atoms with Gasteiger partial charge in [0.15, 0.2) is 5.15 Å². The van der Waals surface area contributed by atoms with Crippen molar-refractivity contribution in [3.63, 3.8) is 0 Å². The van der Waals surface area contributed by atoms with Crippen molar-refractivity contribution >= 4 is 35.0 Å². The van der Waals surface area contributed by atoms with Gasteiger partial charge in [-0.15, -0.1) is 0 Å². The summed E-state index contributed by atoms with van der Waals surface area (Å²) in [6, 6.07) is 5.42. The van der Waals surface area contributed by atoms with Crippen LogP contribution in [-0.4, -0.2) is 21.6 Å². The van der Waals surface area contributed by atoms with Gasteiger partial charge in [-0.2, -0.15) is 18.4 Å². The summed E-state index contributed by atoms with van der Waals surface area (Å²) >= 11 is 6.55. The molecule has 0 aliphatic heterocycles. The summed E-state index contributed by atoms with van der Waals surface area (Å²) in [5.41, 5.74) is -1.29. The van der Waals surface area contributed by atoms with Gasteiger partial charge in [-0.05, 0) is 25.1 Å². The molecule has 2 rings (SSSR count). The van der Waals surface area contributed by atoms with Crippen LogP contribution in [0.3, 0.4) is 0 Å². The van der Waals surface area contributed by atoms with E-state index in [4.69, 9.17) is 16.9 Å². The van der Waals surface area contributed by atoms with Gasteiger partial charge in [0.2, 0.25) is 5.91 Å². The van der Waals surface area contributed by atoms with Gasteiger partial charge in [0, 0.05) is 11.9 Å². The molecule has 130 valence electrons. The molecule has 0 atom stereocenters. The molecule has 1 N–H and O–H groups in total. The summed E-state index contributed by atoms with van der Waals surface area (Å²) in [7, 11) is 0. The smallest absolute Gasteiger partial charge is 0.323 e. The Morgan fingerprint density at radius 2 is 2.20 bits per heavy atom. The van der Waals surface area contributed by atoms with Gasteiger partial charge in [-0.1, -0.05) is 23.4 Å². The van der Waals surface area contributed by atoms with Crippen LogP contribution in [-0.2, 0) is 11.0 Å². The molecule has 0 unspecified atom stereocenters. The van der Waals surface area contributed by atoms with Crippen molar-refractivity contribution in [3.8, 4) is 6.07 Å². The Morgan fingerprint density at radius 1 is 1.48 bits per heavy atom. The number of amides is 1. The first-order valence-electron chi connectivity index (χ1n) is 6.74. The average Bonchev–Trinajstić information content (AvgIpc) is 2.53. The molecule has 5 nitrogen and oxygen atoms in total. The Morgan fingerprint density at radius 3 is 2.80 bits per heavy atom. The van der Waals surface area contributed by atoms with Crippen LogP contribution in [0.1, 0.15) is 16.8 Å². The molecular formula is C15H10ClF3N4OS. The van der Waals surface area contributed by atoms with Crippen molar-refractivity contribution in [1.29, 1.82) is 5.26 Å². The van der Waals surface area contributed by atoms with Crippen LogP contribution in [0.15, 0.2) is 29.4 Å². The molecule has 0 aromatic carbocycles. The van der Waals surface area contributed by atoms with E-state index in [0.29, 0.717) is 0 Å². The van der Waals surface area contributed by atoms with Crippen molar-refractivity contribution < 1.29 is 18.0 Å². The number of hydrogen-bond donors (Lipinski definition) is 1. The first-order chi connectivity index (χ1) is 11.7. The third-order valence-electron chi connectivity index (χ3n) is 2.90. The van der Waals surface area contributed by atoms with Crippen LogP contribution in [0, 0.1) is 18.3 Å². The number of nitrogens with one attached hydrogen (secondary N) is 1. The maximum absolute atomic E-state index is 13.0. The minimum absolute atomic E-state index is 0.0894. The Balaban J connectivity index is 2.18. The molecule has 2 aromatic heterocycles. The Kier molecular flexibility index (Phi) is 5.87. The summed E-state index contributed by atoms with van der Waals surface area (Å²) in [4.78, 5) is 19.7. The maximum atomic E-state index is 13.0. The highest BCUT2D eigenvalue weighted by molar-refractivity contribution is 8.00. The van der Waals surface area contributed by atoms with Crippen molar-refractivity contribution in [2.24, 2.45) is 0 Å². The van der Waals surface area contributed by atoms with Crippen molar-refractivity contribution in [1.82, 2.24) is 9.97 Å². The number of hydrogen-bond acceptors (Lipinski definition) is 5. The second-order valence-electron chi connectivity index (χ2n) is 4.78. The molecule has 0 spiro atoms. The molecule has 0 saturated carbocycles. The first kappa shape index (κ1) is 19.0. The molecule has 0 saturated heterocycles. The number of halogens is 4. The average molecular weight is 387 g/mol. The fraction of sp³-hybridized carbons (Fsp3) is 0.200. The van der Waals surface area contributed by atoms with Gasteiger partial charge >= 0.3 is 6.18 Å². The Hall–Kier alpha value is -2.31. The monoisotopic (exact) mass is 386 g/mol. The number of aromatic nitrogens is 2. The van der Waals surface area contributed by atoms with Crippen molar-refractivity contribution in [2.45, 2.75) is 18.1 Å². The van der Waals surface area contributed by atoms with Crippen LogP contribution in [0.25, 0.3) is 0 Å². The van der Waals surface area contributed by atoms with Crippen LogP contribution < -0.4 is 5.32 Å². The number of nitriles is 1. The minimum atomic E-state index is -4.68. The molecule has 0 fully saturated rings. The fourth-order valence-electron chi connectivity index (χ4n) is 1.88. The SMILES string of the molecule is Cc1cc(C(F)(F)F)c(C#N)c(SCC(=O)Nc2cccnc2Cl)n1. The number of carbonyl (C=O) groups is 1. The summed E-state index contributed by atoms with van der Waals surface area (Å²) in [6.45, 7) is 1.38. The summed E-state index contributed by atoms with van der Waals surface area (Å²) in [5, 5.41) is 11.5. The number of nitrogens with zero attached hydrogens (tertiary/aromatic N) is 3. The lowest BCUT2D eigenvalue weighted by atomic mass is 10.1. The highest BCUT2D eigenvalue weighted by atomic mass is 35.5. The van der Waals surface area contributed by atoms with Gasteiger partial charge in [0.1, 0.15) is 11.1 Å². The highest BCUT2D eigenvalue weighted by Gasteiger charge is 2.35. The van der Waals surface area contributed by atoms with Gasteiger partial charge in [0.25, 0.3) is 0 Å². The Bertz CT molecular complexity index is 852. The van der Waals surface area contributed by atoms with E-state index in [9.17, 15) is 18.0 Å². The molecule has 0 aliphatic rings. The van der Waals surface area contributed by atoms with E-state index in [1.54, 1.807) is 6.07 Å². The number of aryl methyl sites for hydroxylation is 1. The lowest BCUT2D eigenvalue weighted by Gasteiger charge is -2.12. The topological polar surface area (TPSA) is 78.7 Å². The predicted octanol–water partition coefficient (Wildman–Crippen LogP) is 4.06. The minimum Gasteiger partial charge on any atom is -0.323 e. The number of anilines is 1. The molecule has 0 bridgehead atoms. The van der Waals surface area contributed by atoms with Crippen molar-refractivity contribution in [2.75, 3.05) is 11.1 Å². The fourth-order valence-corrected chi connectivity index (χ4v) is 2.90. The standard InChI is InChI=1S/C15H10ClF3N4OS/c1-8-5-10(15(17,18)19)9(6-20)14(22-8)25-7-12(24)23-11-3-2-4-21-13(11)16/h2-5H,7H2,1H3,(H,23,24). The van der Waals surface area contributed by atoms with Gasteiger partial charge in [-0.25, -0.2) is 9.97 Å². The summed E-state index contributed by atoms with van der Waals surface area (Å²) < 4.78 is 39.1. The predicted molar refractivity (Wildman–Crippen MR) is 87.3 cm³/mol. The van der Waals surface area contributed by atoms with E-state index in [1.807, 2.05) is 0 Å². The first-order valence-corrected chi connectivity index (χ1v) is 8.11. The van der Waals surface area contributed by atoms with E-state index in [-0.39, 0.29) is 27.3 Å². The zero-order valence-corrected chi connectivity index (χ0v) is 14.3. The molecule has 25 heavy (non-hydrogen) atoms. The highest BCUT2D eigenvalue weighted by Crippen LogP contribution is 2.35. The Labute approximate surface area is 150 Å². The lowest BCUT2D eigenvalue weighted by Crippen LogP contribution is -2.15. The zero-order valence-electron chi connectivity index (χ0n) is 12.7. The number of thioether (sulfide) groups is 1. The van der Waals surface area contributed by atoms with E-state index >= 15 is 0 Å². The van der Waals surface area contributed by atoms with E-state index < -0.39 is 23.2 Å². The molecule has 0 radical (unpaired) electrons. The van der Waals surface area contributed by atoms with Gasteiger partial charge in [0.05, 0.1) is 22.6 Å². The van der Waals surface area contributed by atoms with Crippen LogP contribution in [0.5, 0.6) is 0 Å². The molecule has 2 aromatic rings. The number of rotatable bonds is 4. The molecule has 1 amide bonds. The third kappa shape index (κ3) is 4.84. The van der Waals surface area contributed by atoms with Crippen LogP contribution in [0.2, 0.25) is 5.15 Å². The maximum Gasteiger partial charge on any atom is 0.417 e. The van der Waals surface area contributed by atoms with Gasteiger partial charge < -0.3 is 5.32 Å². The summed E-state index contributed by atoms with van der Waals surface area (Å²) in [5.74, 6) is -0.756. The summed E-state index contributed by atoms with van der Waals surface area (Å²) in [6.07, 6.45) is -3.24. The second-order valence-corrected chi connectivity index (χ2v) is 6.10. The van der Waals surface area contributed by atoms with Gasteiger partial charge in [-0.3, -0.25) is 4.79 Å². The number of alkyl halides is 3. The van der Waals surface area contributed by atoms with E-state index in [0.717, 1.165) is 17.8 Å².